The first kappa shape index (κ1) is 10.4. The summed E-state index contributed by atoms with van der Waals surface area (Å²) in [6.45, 7) is 9.52. The lowest BCUT2D eigenvalue weighted by molar-refractivity contribution is 0.477. The van der Waals surface area contributed by atoms with E-state index >= 15 is 0 Å². The molecule has 4 heteroatoms. The number of nitrogens with two attached hydrogens (primary N) is 1. The molecule has 0 fully saturated rings. The number of hydrogen-bond acceptors (Lipinski definition) is 3. The van der Waals surface area contributed by atoms with Crippen LogP contribution in [0, 0.1) is 0 Å². The third-order valence-electron chi connectivity index (χ3n) is 1.20. The number of rotatable bonds is 4. The zero-order valence-corrected chi connectivity index (χ0v) is 7.27. The highest BCUT2D eigenvalue weighted by molar-refractivity contribution is 5.93. The number of amidine groups is 1. The van der Waals surface area contributed by atoms with Crippen LogP contribution in [0.2, 0.25) is 0 Å². The van der Waals surface area contributed by atoms with Gasteiger partial charge in [-0.15, -0.1) is 0 Å². The average Bonchev–Trinajstić information content (AvgIpc) is 2.07. The first-order chi connectivity index (χ1) is 5.79. The van der Waals surface area contributed by atoms with E-state index in [1.165, 1.54) is 12.4 Å². The van der Waals surface area contributed by atoms with Gasteiger partial charge in [-0.25, -0.2) is 10.0 Å². The molecule has 2 N–H and O–H groups in total. The van der Waals surface area contributed by atoms with Gasteiger partial charge in [0.15, 0.2) is 0 Å². The van der Waals surface area contributed by atoms with Crippen molar-refractivity contribution in [2.75, 3.05) is 6.54 Å². The topological polar surface area (TPSA) is 54.0 Å². The lowest BCUT2D eigenvalue weighted by atomic mass is 10.5. The van der Waals surface area contributed by atoms with Crippen LogP contribution in [-0.2, 0) is 0 Å². The summed E-state index contributed by atoms with van der Waals surface area (Å²) in [7, 11) is 0. The predicted molar refractivity (Wildman–Crippen MR) is 52.9 cm³/mol. The molecular weight excluding hydrogens is 152 g/mol. The summed E-state index contributed by atoms with van der Waals surface area (Å²) in [6.07, 6.45) is 4.47. The third-order valence-corrected chi connectivity index (χ3v) is 1.20. The zero-order chi connectivity index (χ0) is 9.40. The average molecular weight is 166 g/mol. The highest BCUT2D eigenvalue weighted by Gasteiger charge is 2.00. The van der Waals surface area contributed by atoms with Crippen LogP contribution >= 0.6 is 0 Å². The van der Waals surface area contributed by atoms with Crippen molar-refractivity contribution in [3.63, 3.8) is 0 Å². The molecule has 0 saturated carbocycles. The van der Waals surface area contributed by atoms with Crippen LogP contribution in [0.25, 0.3) is 0 Å². The van der Waals surface area contributed by atoms with Crippen LogP contribution in [0.1, 0.15) is 6.92 Å². The highest BCUT2D eigenvalue weighted by Crippen LogP contribution is 1.94. The minimum Gasteiger partial charge on any atom is -0.404 e. The van der Waals surface area contributed by atoms with Crippen LogP contribution < -0.4 is 5.73 Å². The van der Waals surface area contributed by atoms with Crippen molar-refractivity contribution < 1.29 is 0 Å². The SMILES string of the molecule is C=C/N=C(\C=C\N)N(CC)N=C. The molecule has 0 amide bonds. The van der Waals surface area contributed by atoms with Crippen LogP contribution in [0.5, 0.6) is 0 Å². The van der Waals surface area contributed by atoms with Gasteiger partial charge in [0.1, 0.15) is 5.84 Å². The molecule has 0 spiro atoms. The molecule has 0 atom stereocenters. The summed E-state index contributed by atoms with van der Waals surface area (Å²) in [5.41, 5.74) is 5.22. The van der Waals surface area contributed by atoms with Crippen LogP contribution in [-0.4, -0.2) is 24.1 Å². The number of hydrogen-bond donors (Lipinski definition) is 1. The molecule has 0 heterocycles. The maximum Gasteiger partial charge on any atom is 0.150 e. The fourth-order valence-electron chi connectivity index (χ4n) is 0.710. The number of aliphatic imine (C=N–C) groups is 1. The minimum absolute atomic E-state index is 0.630. The molecule has 0 rings (SSSR count). The summed E-state index contributed by atoms with van der Waals surface area (Å²) in [6, 6.07) is 0. The molecule has 0 aromatic heterocycles. The van der Waals surface area contributed by atoms with Gasteiger partial charge < -0.3 is 5.73 Å². The van der Waals surface area contributed by atoms with E-state index in [4.69, 9.17) is 5.73 Å². The van der Waals surface area contributed by atoms with E-state index in [9.17, 15) is 0 Å². The van der Waals surface area contributed by atoms with Crippen molar-refractivity contribution in [3.8, 4) is 0 Å². The molecular formula is C8H14N4. The largest absolute Gasteiger partial charge is 0.404 e. The van der Waals surface area contributed by atoms with Crippen molar-refractivity contribution in [1.29, 1.82) is 0 Å². The van der Waals surface area contributed by atoms with Crippen molar-refractivity contribution in [2.24, 2.45) is 15.8 Å². The number of nitrogens with zero attached hydrogens (tertiary/aromatic N) is 3. The van der Waals surface area contributed by atoms with Crippen molar-refractivity contribution >= 4 is 12.6 Å². The molecule has 0 radical (unpaired) electrons. The van der Waals surface area contributed by atoms with Crippen molar-refractivity contribution in [3.05, 3.63) is 25.1 Å². The van der Waals surface area contributed by atoms with Crippen molar-refractivity contribution in [1.82, 2.24) is 5.01 Å². The van der Waals surface area contributed by atoms with Gasteiger partial charge in [-0.2, -0.15) is 5.10 Å². The Morgan fingerprint density at radius 2 is 2.33 bits per heavy atom. The molecule has 66 valence electrons. The standard InChI is InChI=1S/C8H14N4/c1-4-11-8(6-7-9)12(5-2)10-3/h4,6-7H,1,3,5,9H2,2H3/b7-6+,11-8+. The number of hydrazone groups is 1. The van der Waals surface area contributed by atoms with Gasteiger partial charge in [0, 0.05) is 19.5 Å². The fourth-order valence-corrected chi connectivity index (χ4v) is 0.710. The summed E-state index contributed by atoms with van der Waals surface area (Å²) >= 11 is 0. The Bertz CT molecular complexity index is 205. The molecule has 0 aliphatic heterocycles. The molecule has 0 aliphatic carbocycles. The Labute approximate surface area is 72.8 Å². The number of likely N-dealkylation sites (N-methyl/N-ethyl adjacent to an activating group) is 1. The Morgan fingerprint density at radius 1 is 1.67 bits per heavy atom. The van der Waals surface area contributed by atoms with E-state index < -0.39 is 0 Å². The normalized spacial score (nSPS) is 11.6. The van der Waals surface area contributed by atoms with E-state index in [1.807, 2.05) is 6.92 Å². The van der Waals surface area contributed by atoms with E-state index in [2.05, 4.69) is 23.4 Å². The summed E-state index contributed by atoms with van der Waals surface area (Å²) in [5, 5.41) is 5.36. The van der Waals surface area contributed by atoms with Gasteiger partial charge in [-0.1, -0.05) is 6.58 Å². The first-order valence-electron chi connectivity index (χ1n) is 3.61. The van der Waals surface area contributed by atoms with Gasteiger partial charge >= 0.3 is 0 Å². The second-order valence-electron chi connectivity index (χ2n) is 1.89. The van der Waals surface area contributed by atoms with E-state index in [-0.39, 0.29) is 0 Å². The Hall–Kier alpha value is -1.58. The molecule has 0 aliphatic rings. The smallest absolute Gasteiger partial charge is 0.150 e. The summed E-state index contributed by atoms with van der Waals surface area (Å²) < 4.78 is 0. The minimum atomic E-state index is 0.630. The molecule has 0 aromatic rings. The molecule has 0 unspecified atom stereocenters. The fraction of sp³-hybridized carbons (Fsp3) is 0.250. The Balaban J connectivity index is 4.57. The zero-order valence-electron chi connectivity index (χ0n) is 7.27. The first-order valence-corrected chi connectivity index (χ1v) is 3.61. The second-order valence-corrected chi connectivity index (χ2v) is 1.89. The summed E-state index contributed by atoms with van der Waals surface area (Å²) in [4.78, 5) is 3.96. The van der Waals surface area contributed by atoms with Crippen LogP contribution in [0.4, 0.5) is 0 Å². The second kappa shape index (κ2) is 6.15. The molecule has 4 nitrogen and oxygen atoms in total. The quantitative estimate of drug-likeness (QED) is 0.384. The highest BCUT2D eigenvalue weighted by atomic mass is 15.5. The van der Waals surface area contributed by atoms with Crippen LogP contribution in [0.3, 0.4) is 0 Å². The predicted octanol–water partition coefficient (Wildman–Crippen LogP) is 0.938. The molecule has 12 heavy (non-hydrogen) atoms. The maximum atomic E-state index is 5.22. The third kappa shape index (κ3) is 3.01. The molecule has 0 aromatic carbocycles. The lowest BCUT2D eigenvalue weighted by Crippen LogP contribution is -2.23. The maximum absolute atomic E-state index is 5.22. The molecule has 0 bridgehead atoms. The monoisotopic (exact) mass is 166 g/mol. The van der Waals surface area contributed by atoms with Gasteiger partial charge in [0.25, 0.3) is 0 Å². The Morgan fingerprint density at radius 3 is 2.67 bits per heavy atom. The lowest BCUT2D eigenvalue weighted by Gasteiger charge is -2.14. The van der Waals surface area contributed by atoms with E-state index in [0.717, 1.165) is 0 Å². The van der Waals surface area contributed by atoms with Gasteiger partial charge in [0.2, 0.25) is 0 Å². The van der Waals surface area contributed by atoms with Crippen LogP contribution in [0.15, 0.2) is 35.1 Å². The van der Waals surface area contributed by atoms with E-state index in [1.54, 1.807) is 11.1 Å². The van der Waals surface area contributed by atoms with E-state index in [0.29, 0.717) is 12.4 Å². The van der Waals surface area contributed by atoms with Gasteiger partial charge in [-0.05, 0) is 19.2 Å². The van der Waals surface area contributed by atoms with Gasteiger partial charge in [0.05, 0.1) is 0 Å². The van der Waals surface area contributed by atoms with Gasteiger partial charge in [-0.3, -0.25) is 0 Å². The van der Waals surface area contributed by atoms with Crippen molar-refractivity contribution in [2.45, 2.75) is 6.92 Å². The summed E-state index contributed by atoms with van der Waals surface area (Å²) in [5.74, 6) is 0.630. The molecule has 0 saturated heterocycles. The Kier molecular flexibility index (Phi) is 5.34.